The maximum atomic E-state index is 5.50. The summed E-state index contributed by atoms with van der Waals surface area (Å²) in [6, 6.07) is 6.59. The van der Waals surface area contributed by atoms with E-state index in [4.69, 9.17) is 4.74 Å². The fourth-order valence-electron chi connectivity index (χ4n) is 2.61. The van der Waals surface area contributed by atoms with Gasteiger partial charge in [-0.1, -0.05) is 0 Å². The van der Waals surface area contributed by atoms with Crippen LogP contribution in [0.3, 0.4) is 0 Å². The number of aromatic nitrogens is 3. The second kappa shape index (κ2) is 6.69. The van der Waals surface area contributed by atoms with Gasteiger partial charge in [-0.15, -0.1) is 0 Å². The van der Waals surface area contributed by atoms with Gasteiger partial charge in [-0.25, -0.2) is 9.67 Å². The normalized spacial score (nSPS) is 20.1. The van der Waals surface area contributed by atoms with Crippen LogP contribution in [0.25, 0.3) is 5.82 Å². The minimum Gasteiger partial charge on any atom is -0.379 e. The summed E-state index contributed by atoms with van der Waals surface area (Å²) in [5.41, 5.74) is 0.991. The van der Waals surface area contributed by atoms with Crippen LogP contribution < -0.4 is 10.6 Å². The maximum Gasteiger partial charge on any atom is 0.176 e. The lowest BCUT2D eigenvalue weighted by atomic mass is 10.1. The van der Waals surface area contributed by atoms with Gasteiger partial charge in [0, 0.05) is 37.2 Å². The fraction of sp³-hybridized carbons (Fsp3) is 0.467. The highest BCUT2D eigenvalue weighted by Crippen LogP contribution is 2.18. The molecule has 2 aromatic heterocycles. The molecule has 0 radical (unpaired) electrons. The summed E-state index contributed by atoms with van der Waals surface area (Å²) >= 11 is 0. The summed E-state index contributed by atoms with van der Waals surface area (Å²) in [7, 11) is 0. The Kier molecular flexibility index (Phi) is 4.47. The van der Waals surface area contributed by atoms with Crippen LogP contribution in [0.1, 0.15) is 13.3 Å². The molecule has 1 aliphatic rings. The summed E-state index contributed by atoms with van der Waals surface area (Å²) in [5.74, 6) is 0.821. The number of anilines is 1. The largest absolute Gasteiger partial charge is 0.379 e. The van der Waals surface area contributed by atoms with E-state index in [1.54, 1.807) is 17.1 Å². The highest BCUT2D eigenvalue weighted by Gasteiger charge is 2.17. The Balaban J connectivity index is 1.67. The van der Waals surface area contributed by atoms with Gasteiger partial charge in [0.1, 0.15) is 0 Å². The first-order chi connectivity index (χ1) is 10.3. The topological polar surface area (TPSA) is 64.0 Å². The molecule has 6 heteroatoms. The molecule has 2 atom stereocenters. The quantitative estimate of drug-likeness (QED) is 0.871. The first-order valence-corrected chi connectivity index (χ1v) is 7.35. The molecule has 2 N–H and O–H groups in total. The van der Waals surface area contributed by atoms with E-state index in [1.165, 1.54) is 0 Å². The minimum absolute atomic E-state index is 0.322. The maximum absolute atomic E-state index is 5.50. The van der Waals surface area contributed by atoms with Gasteiger partial charge in [-0.3, -0.25) is 0 Å². The molecular formula is C15H21N5O. The standard InChI is InChI=1S/C15H21N5O/c1-12(10-13-11-21-9-7-16-13)19-14-4-2-5-17-15(14)20-8-3-6-18-20/h2-6,8,12-13,16,19H,7,9-11H2,1H3. The molecule has 0 aliphatic carbocycles. The Labute approximate surface area is 124 Å². The zero-order valence-electron chi connectivity index (χ0n) is 12.2. The van der Waals surface area contributed by atoms with Crippen molar-refractivity contribution < 1.29 is 4.74 Å². The van der Waals surface area contributed by atoms with E-state index in [0.717, 1.165) is 37.7 Å². The molecule has 0 aromatic carbocycles. The smallest absolute Gasteiger partial charge is 0.176 e. The molecule has 0 spiro atoms. The van der Waals surface area contributed by atoms with Gasteiger partial charge in [0.25, 0.3) is 0 Å². The molecular weight excluding hydrogens is 266 g/mol. The summed E-state index contributed by atoms with van der Waals surface area (Å²) in [6.45, 7) is 4.70. The molecule has 1 saturated heterocycles. The average molecular weight is 287 g/mol. The highest BCUT2D eigenvalue weighted by atomic mass is 16.5. The van der Waals surface area contributed by atoms with Crippen molar-refractivity contribution in [3.63, 3.8) is 0 Å². The number of morpholine rings is 1. The van der Waals surface area contributed by atoms with Gasteiger partial charge in [0.2, 0.25) is 0 Å². The second-order valence-electron chi connectivity index (χ2n) is 5.33. The Bertz CT molecular complexity index is 551. The first-order valence-electron chi connectivity index (χ1n) is 7.35. The average Bonchev–Trinajstić information content (AvgIpc) is 3.03. The third-order valence-electron chi connectivity index (χ3n) is 3.55. The zero-order valence-corrected chi connectivity index (χ0v) is 12.2. The van der Waals surface area contributed by atoms with Crippen molar-refractivity contribution in [2.75, 3.05) is 25.1 Å². The summed E-state index contributed by atoms with van der Waals surface area (Å²) in [4.78, 5) is 4.42. The van der Waals surface area contributed by atoms with Crippen molar-refractivity contribution in [2.45, 2.75) is 25.4 Å². The molecule has 2 aromatic rings. The van der Waals surface area contributed by atoms with Crippen LogP contribution in [-0.4, -0.2) is 46.6 Å². The van der Waals surface area contributed by atoms with Crippen LogP contribution in [-0.2, 0) is 4.74 Å². The molecule has 0 bridgehead atoms. The number of rotatable bonds is 5. The monoisotopic (exact) mass is 287 g/mol. The lowest BCUT2D eigenvalue weighted by Crippen LogP contribution is -2.43. The third-order valence-corrected chi connectivity index (χ3v) is 3.55. The molecule has 3 heterocycles. The van der Waals surface area contributed by atoms with Crippen molar-refractivity contribution in [3.05, 3.63) is 36.8 Å². The van der Waals surface area contributed by atoms with E-state index in [-0.39, 0.29) is 0 Å². The van der Waals surface area contributed by atoms with Gasteiger partial charge in [-0.2, -0.15) is 5.10 Å². The van der Waals surface area contributed by atoms with Crippen LogP contribution >= 0.6 is 0 Å². The Hall–Kier alpha value is -1.92. The van der Waals surface area contributed by atoms with Crippen LogP contribution in [0.15, 0.2) is 36.8 Å². The van der Waals surface area contributed by atoms with E-state index in [0.29, 0.717) is 12.1 Å². The van der Waals surface area contributed by atoms with E-state index < -0.39 is 0 Å². The molecule has 1 aliphatic heterocycles. The van der Waals surface area contributed by atoms with Gasteiger partial charge in [0.15, 0.2) is 5.82 Å². The number of ether oxygens (including phenoxy) is 1. The highest BCUT2D eigenvalue weighted by molar-refractivity contribution is 5.56. The molecule has 112 valence electrons. The van der Waals surface area contributed by atoms with Crippen molar-refractivity contribution in [1.29, 1.82) is 0 Å². The van der Waals surface area contributed by atoms with Gasteiger partial charge in [0.05, 0.1) is 18.9 Å². The summed E-state index contributed by atoms with van der Waals surface area (Å²) in [6.07, 6.45) is 6.44. The molecule has 1 fully saturated rings. The number of pyridine rings is 1. The van der Waals surface area contributed by atoms with Crippen molar-refractivity contribution >= 4 is 5.69 Å². The van der Waals surface area contributed by atoms with Crippen LogP contribution in [0.5, 0.6) is 0 Å². The van der Waals surface area contributed by atoms with Gasteiger partial charge < -0.3 is 15.4 Å². The first kappa shape index (κ1) is 14.0. The third kappa shape index (κ3) is 3.59. The SMILES string of the molecule is CC(CC1COCCN1)Nc1cccnc1-n1cccn1. The molecule has 3 rings (SSSR count). The van der Waals surface area contributed by atoms with E-state index in [9.17, 15) is 0 Å². The molecule has 0 saturated carbocycles. The van der Waals surface area contributed by atoms with Crippen molar-refractivity contribution in [1.82, 2.24) is 20.1 Å². The minimum atomic E-state index is 0.322. The second-order valence-corrected chi connectivity index (χ2v) is 5.33. The molecule has 21 heavy (non-hydrogen) atoms. The van der Waals surface area contributed by atoms with Gasteiger partial charge >= 0.3 is 0 Å². The van der Waals surface area contributed by atoms with Crippen molar-refractivity contribution in [2.24, 2.45) is 0 Å². The number of nitrogens with one attached hydrogen (secondary N) is 2. The summed E-state index contributed by atoms with van der Waals surface area (Å²) < 4.78 is 7.27. The molecule has 0 amide bonds. The van der Waals surface area contributed by atoms with Gasteiger partial charge in [-0.05, 0) is 31.5 Å². The zero-order chi connectivity index (χ0) is 14.5. The van der Waals surface area contributed by atoms with E-state index in [1.807, 2.05) is 24.4 Å². The van der Waals surface area contributed by atoms with E-state index in [2.05, 4.69) is 27.6 Å². The Morgan fingerprint density at radius 3 is 3.19 bits per heavy atom. The van der Waals surface area contributed by atoms with Crippen LogP contribution in [0.2, 0.25) is 0 Å². The predicted octanol–water partition coefficient (Wildman–Crippen LogP) is 1.45. The Morgan fingerprint density at radius 2 is 2.43 bits per heavy atom. The lowest BCUT2D eigenvalue weighted by molar-refractivity contribution is 0.0731. The van der Waals surface area contributed by atoms with Crippen LogP contribution in [0, 0.1) is 0 Å². The Morgan fingerprint density at radius 1 is 1.48 bits per heavy atom. The van der Waals surface area contributed by atoms with Crippen molar-refractivity contribution in [3.8, 4) is 5.82 Å². The predicted molar refractivity (Wildman–Crippen MR) is 81.7 cm³/mol. The van der Waals surface area contributed by atoms with Crippen LogP contribution in [0.4, 0.5) is 5.69 Å². The number of nitrogens with zero attached hydrogens (tertiary/aromatic N) is 3. The fourth-order valence-corrected chi connectivity index (χ4v) is 2.61. The number of hydrogen-bond acceptors (Lipinski definition) is 5. The molecule has 2 unspecified atom stereocenters. The van der Waals surface area contributed by atoms with E-state index >= 15 is 0 Å². The lowest BCUT2D eigenvalue weighted by Gasteiger charge is -2.27. The number of hydrogen-bond donors (Lipinski definition) is 2. The summed E-state index contributed by atoms with van der Waals surface area (Å²) in [5, 5.41) is 11.3. The molecule has 6 nitrogen and oxygen atoms in total.